The maximum atomic E-state index is 2.34. The largest absolute Gasteiger partial charge is 4.00 e. The van der Waals surface area contributed by atoms with Crippen molar-refractivity contribution in [3.05, 3.63) is 54.6 Å². The zero-order chi connectivity index (χ0) is 9.52. The van der Waals surface area contributed by atoms with Gasteiger partial charge in [0.2, 0.25) is 0 Å². The van der Waals surface area contributed by atoms with Crippen LogP contribution in [0.15, 0.2) is 54.6 Å². The smallest absolute Gasteiger partial charge is 1.00 e. The molecular weight excluding hydrogens is 334 g/mol. The molecule has 2 rings (SSSR count). The van der Waals surface area contributed by atoms with E-state index >= 15 is 0 Å². The summed E-state index contributed by atoms with van der Waals surface area (Å²) in [4.78, 5) is 0. The van der Waals surface area contributed by atoms with E-state index in [1.54, 1.807) is 5.19 Å². The van der Waals surface area contributed by atoms with Gasteiger partial charge in [0, 0.05) is 8.80 Å². The van der Waals surface area contributed by atoms with E-state index < -0.39 is 8.80 Å². The van der Waals surface area contributed by atoms with Crippen molar-refractivity contribution in [2.45, 2.75) is 13.1 Å². The molecule has 2 aromatic carbocycles. The predicted molar refractivity (Wildman–Crippen MR) is 62.6 cm³/mol. The standard InChI is InChI=1S/C7H11Si.C5H5.2ClH.Zr/c1-8(2)7-5-3-4-6-7;1-2-4-5-3-1;;;/h3-6,8H,1-2H3;1-5H;2*1H;/q2*-1;;;+4/p-2. The maximum Gasteiger partial charge on any atom is 4.00 e. The third-order valence-electron chi connectivity index (χ3n) is 1.91. The minimum atomic E-state index is -0.480. The van der Waals surface area contributed by atoms with E-state index in [1.165, 1.54) is 0 Å². The second-order valence-electron chi connectivity index (χ2n) is 3.34. The SMILES string of the molecule is C[SiH](C)[c-]1cccc1.[Cl-].[Cl-].[Zr+4].c1cc[cH-]c1. The molecule has 0 radical (unpaired) electrons. The maximum absolute atomic E-state index is 2.34. The fraction of sp³-hybridized carbons (Fsp3) is 0.167. The Bertz CT molecular complexity index is 273. The molecule has 0 aliphatic carbocycles. The Balaban J connectivity index is -0.000000189. The molecule has 0 saturated heterocycles. The van der Waals surface area contributed by atoms with Crippen LogP contribution in [0.5, 0.6) is 0 Å². The number of hydrogen-bond donors (Lipinski definition) is 0. The zero-order valence-electron chi connectivity index (χ0n) is 9.53. The minimum Gasteiger partial charge on any atom is -1.00 e. The molecule has 0 unspecified atom stereocenters. The van der Waals surface area contributed by atoms with Crippen molar-refractivity contribution in [1.29, 1.82) is 0 Å². The predicted octanol–water partition coefficient (Wildman–Crippen LogP) is -3.49. The van der Waals surface area contributed by atoms with Crippen LogP contribution in [0.25, 0.3) is 0 Å². The first-order chi connectivity index (χ1) is 6.30. The fourth-order valence-corrected chi connectivity index (χ4v) is 2.09. The van der Waals surface area contributed by atoms with Crippen LogP contribution in [0.2, 0.25) is 13.1 Å². The third-order valence-corrected chi connectivity index (χ3v) is 3.63. The van der Waals surface area contributed by atoms with Crippen molar-refractivity contribution in [2.75, 3.05) is 0 Å². The van der Waals surface area contributed by atoms with E-state index in [0.29, 0.717) is 0 Å². The Labute approximate surface area is 132 Å². The molecule has 0 atom stereocenters. The van der Waals surface area contributed by atoms with Gasteiger partial charge in [-0.25, -0.2) is 24.3 Å². The van der Waals surface area contributed by atoms with Gasteiger partial charge in [0.1, 0.15) is 0 Å². The first-order valence-electron chi connectivity index (χ1n) is 4.69. The molecule has 0 saturated carbocycles. The van der Waals surface area contributed by atoms with E-state index in [1.807, 2.05) is 30.3 Å². The molecule has 0 aromatic heterocycles. The molecule has 16 heavy (non-hydrogen) atoms. The molecule has 0 aliphatic heterocycles. The Morgan fingerprint density at radius 2 is 1.31 bits per heavy atom. The van der Waals surface area contributed by atoms with Crippen molar-refractivity contribution < 1.29 is 51.0 Å². The molecule has 86 valence electrons. The van der Waals surface area contributed by atoms with Gasteiger partial charge in [-0.1, -0.05) is 13.1 Å². The van der Waals surface area contributed by atoms with E-state index in [-0.39, 0.29) is 51.0 Å². The van der Waals surface area contributed by atoms with Crippen LogP contribution in [0, 0.1) is 0 Å². The number of halogens is 2. The van der Waals surface area contributed by atoms with Crippen molar-refractivity contribution in [1.82, 2.24) is 0 Å². The van der Waals surface area contributed by atoms with E-state index in [9.17, 15) is 0 Å². The van der Waals surface area contributed by atoms with Crippen molar-refractivity contribution in [3.63, 3.8) is 0 Å². The van der Waals surface area contributed by atoms with Crippen LogP contribution in [0.3, 0.4) is 0 Å². The summed E-state index contributed by atoms with van der Waals surface area (Å²) >= 11 is 0. The number of hydrogen-bond acceptors (Lipinski definition) is 0. The Morgan fingerprint density at radius 1 is 0.875 bits per heavy atom. The van der Waals surface area contributed by atoms with Gasteiger partial charge in [-0.3, -0.25) is 0 Å². The summed E-state index contributed by atoms with van der Waals surface area (Å²) in [7, 11) is -0.480. The molecule has 2 aromatic rings. The van der Waals surface area contributed by atoms with E-state index in [2.05, 4.69) is 37.4 Å². The molecule has 0 bridgehead atoms. The third kappa shape index (κ3) is 9.59. The zero-order valence-corrected chi connectivity index (χ0v) is 14.7. The average molecular weight is 350 g/mol. The molecule has 0 fully saturated rings. The summed E-state index contributed by atoms with van der Waals surface area (Å²) in [5, 5.41) is 1.57. The van der Waals surface area contributed by atoms with Crippen LogP contribution in [-0.2, 0) is 26.2 Å². The fourth-order valence-electron chi connectivity index (χ4n) is 1.09. The summed E-state index contributed by atoms with van der Waals surface area (Å²) in [6.45, 7) is 4.69. The molecule has 0 spiro atoms. The Hall–Kier alpha value is 0.380. The molecule has 0 N–H and O–H groups in total. The van der Waals surface area contributed by atoms with Crippen LogP contribution in [0.1, 0.15) is 0 Å². The van der Waals surface area contributed by atoms with Crippen LogP contribution >= 0.6 is 0 Å². The van der Waals surface area contributed by atoms with E-state index in [4.69, 9.17) is 0 Å². The second kappa shape index (κ2) is 13.4. The number of rotatable bonds is 1. The second-order valence-corrected chi connectivity index (χ2v) is 6.31. The molecule has 0 aliphatic rings. The van der Waals surface area contributed by atoms with Gasteiger partial charge in [0.15, 0.2) is 0 Å². The summed E-state index contributed by atoms with van der Waals surface area (Å²) in [5.41, 5.74) is 0. The minimum absolute atomic E-state index is 0. The molecule has 0 heterocycles. The van der Waals surface area contributed by atoms with Gasteiger partial charge in [-0.2, -0.15) is 35.5 Å². The van der Waals surface area contributed by atoms with Gasteiger partial charge >= 0.3 is 26.2 Å². The molecular formula is C12H16Cl2SiZr. The van der Waals surface area contributed by atoms with E-state index in [0.717, 1.165) is 0 Å². The van der Waals surface area contributed by atoms with Gasteiger partial charge < -0.3 is 24.8 Å². The first-order valence-corrected chi connectivity index (χ1v) is 7.57. The normalized spacial score (nSPS) is 7.69. The van der Waals surface area contributed by atoms with Crippen molar-refractivity contribution >= 4 is 14.0 Å². The van der Waals surface area contributed by atoms with Crippen LogP contribution in [0.4, 0.5) is 0 Å². The summed E-state index contributed by atoms with van der Waals surface area (Å²) < 4.78 is 0. The van der Waals surface area contributed by atoms with Crippen LogP contribution < -0.4 is 30.0 Å². The molecule has 0 nitrogen and oxygen atoms in total. The molecule has 4 heteroatoms. The summed E-state index contributed by atoms with van der Waals surface area (Å²) in [5.74, 6) is 0. The van der Waals surface area contributed by atoms with Gasteiger partial charge in [-0.15, -0.1) is 0 Å². The monoisotopic (exact) mass is 348 g/mol. The Kier molecular flexibility index (Phi) is 18.2. The first kappa shape index (κ1) is 21.6. The summed E-state index contributed by atoms with van der Waals surface area (Å²) in [6.07, 6.45) is 0. The van der Waals surface area contributed by atoms with Gasteiger partial charge in [0.25, 0.3) is 0 Å². The summed E-state index contributed by atoms with van der Waals surface area (Å²) in [6, 6.07) is 18.7. The van der Waals surface area contributed by atoms with Gasteiger partial charge in [0.05, 0.1) is 0 Å². The topological polar surface area (TPSA) is 0 Å². The van der Waals surface area contributed by atoms with Crippen molar-refractivity contribution in [3.8, 4) is 0 Å². The van der Waals surface area contributed by atoms with Gasteiger partial charge in [-0.05, 0) is 0 Å². The van der Waals surface area contributed by atoms with Crippen molar-refractivity contribution in [2.24, 2.45) is 0 Å². The quantitative estimate of drug-likeness (QED) is 0.370. The Morgan fingerprint density at radius 3 is 1.50 bits per heavy atom. The van der Waals surface area contributed by atoms with Crippen LogP contribution in [-0.4, -0.2) is 8.80 Å². The average Bonchev–Trinajstić information content (AvgIpc) is 2.82. The molecule has 0 amide bonds.